The van der Waals surface area contributed by atoms with E-state index in [1.807, 2.05) is 0 Å². The number of hydrogen-bond donors (Lipinski definition) is 1. The van der Waals surface area contributed by atoms with Gasteiger partial charge in [-0.1, -0.05) is 13.8 Å². The van der Waals surface area contributed by atoms with Gasteiger partial charge < -0.3 is 23.7 Å². The normalized spacial score (nSPS) is 46.6. The maximum absolute atomic E-state index is 12.0. The fourth-order valence-corrected chi connectivity index (χ4v) is 8.49. The van der Waals surface area contributed by atoms with Crippen LogP contribution >= 0.6 is 0 Å². The Labute approximate surface area is 205 Å². The third-order valence-corrected chi connectivity index (χ3v) is 10.5. The van der Waals surface area contributed by atoms with Crippen LogP contribution in [0, 0.1) is 22.7 Å². The van der Waals surface area contributed by atoms with Crippen LogP contribution in [0.2, 0.25) is 0 Å². The molecule has 9 unspecified atom stereocenters. The van der Waals surface area contributed by atoms with Crippen LogP contribution in [0.3, 0.4) is 0 Å². The number of esters is 1. The lowest BCUT2D eigenvalue weighted by atomic mass is 9.41. The molecule has 2 heterocycles. The molecule has 4 aliphatic rings. The van der Waals surface area contributed by atoms with Crippen molar-refractivity contribution in [3.8, 4) is 0 Å². The lowest BCUT2D eigenvalue weighted by Gasteiger charge is -2.65. The van der Waals surface area contributed by atoms with Gasteiger partial charge in [-0.15, -0.1) is 0 Å². The first-order valence-electron chi connectivity index (χ1n) is 12.7. The summed E-state index contributed by atoms with van der Waals surface area (Å²) < 4.78 is 22.9. The van der Waals surface area contributed by atoms with E-state index >= 15 is 0 Å². The summed E-state index contributed by atoms with van der Waals surface area (Å²) in [4.78, 5) is 34.6. The summed E-state index contributed by atoms with van der Waals surface area (Å²) in [6, 6.07) is 3.14. The van der Waals surface area contributed by atoms with E-state index in [4.69, 9.17) is 18.6 Å². The van der Waals surface area contributed by atoms with Gasteiger partial charge >= 0.3 is 11.6 Å². The molecule has 35 heavy (non-hydrogen) atoms. The molecule has 1 saturated heterocycles. The third kappa shape index (κ3) is 3.43. The number of ether oxygens (including phenoxy) is 3. The van der Waals surface area contributed by atoms with Gasteiger partial charge in [0.25, 0.3) is 6.47 Å². The second kappa shape index (κ2) is 8.17. The van der Waals surface area contributed by atoms with Crippen molar-refractivity contribution in [3.63, 3.8) is 0 Å². The standard InChI is InChI=1S/C27H36O8/c1-16(29)34-23-22(17-5-6-21(30)32-14-17)25(3)11-8-19-20(26(25,4)35-23)9-12-27(31)13-18(33-15-28)7-10-24(19,27)2/h5-6,14-15,18-20,22-23,31H,7-13H2,1-4H3. The SMILES string of the molecule is CC(=O)OC1OC2(C)C3CCC4(O)CC(OC=O)CCC4(C)C3CCC2(C)C1c1ccc(=O)oc1. The highest BCUT2D eigenvalue weighted by molar-refractivity contribution is 5.66. The molecule has 1 N–H and O–H groups in total. The summed E-state index contributed by atoms with van der Waals surface area (Å²) in [5, 5.41) is 11.9. The number of carbonyl (C=O) groups is 2. The van der Waals surface area contributed by atoms with Crippen LogP contribution in [0.15, 0.2) is 27.6 Å². The minimum Gasteiger partial charge on any atom is -0.464 e. The number of aliphatic hydroxyl groups is 1. The van der Waals surface area contributed by atoms with E-state index < -0.39 is 29.1 Å². The molecule has 8 heteroatoms. The van der Waals surface area contributed by atoms with E-state index in [2.05, 4.69) is 20.8 Å². The van der Waals surface area contributed by atoms with Crippen molar-refractivity contribution in [1.29, 1.82) is 0 Å². The largest absolute Gasteiger partial charge is 0.464 e. The van der Waals surface area contributed by atoms with Gasteiger partial charge in [-0.2, -0.15) is 0 Å². The van der Waals surface area contributed by atoms with E-state index in [1.54, 1.807) is 6.07 Å². The average Bonchev–Trinajstić information content (AvgIpc) is 3.01. The summed E-state index contributed by atoms with van der Waals surface area (Å²) in [5.41, 5.74) is -1.87. The summed E-state index contributed by atoms with van der Waals surface area (Å²) in [7, 11) is 0. The van der Waals surface area contributed by atoms with Crippen LogP contribution in [0.25, 0.3) is 0 Å². The van der Waals surface area contributed by atoms with Crippen molar-refractivity contribution >= 4 is 12.4 Å². The van der Waals surface area contributed by atoms with E-state index in [9.17, 15) is 19.5 Å². The zero-order valence-electron chi connectivity index (χ0n) is 21.0. The van der Waals surface area contributed by atoms with Crippen LogP contribution in [0.5, 0.6) is 0 Å². The summed E-state index contributed by atoms with van der Waals surface area (Å²) in [6.45, 7) is 8.38. The lowest BCUT2D eigenvalue weighted by molar-refractivity contribution is -0.262. The Morgan fingerprint density at radius 2 is 1.80 bits per heavy atom. The smallest absolute Gasteiger partial charge is 0.335 e. The molecule has 5 rings (SSSR count). The Hall–Kier alpha value is -2.19. The van der Waals surface area contributed by atoms with Gasteiger partial charge in [0, 0.05) is 24.8 Å². The van der Waals surface area contributed by atoms with Crippen molar-refractivity contribution < 1.29 is 33.3 Å². The molecule has 0 amide bonds. The molecule has 0 radical (unpaired) electrons. The number of fused-ring (bicyclic) bond motifs is 5. The summed E-state index contributed by atoms with van der Waals surface area (Å²) in [6.07, 6.45) is 5.46. The molecule has 8 nitrogen and oxygen atoms in total. The number of carbonyl (C=O) groups excluding carboxylic acids is 2. The zero-order valence-corrected chi connectivity index (χ0v) is 21.0. The Morgan fingerprint density at radius 3 is 2.46 bits per heavy atom. The predicted molar refractivity (Wildman–Crippen MR) is 124 cm³/mol. The van der Waals surface area contributed by atoms with Crippen molar-refractivity contribution in [2.24, 2.45) is 22.7 Å². The van der Waals surface area contributed by atoms with E-state index in [0.717, 1.165) is 37.7 Å². The van der Waals surface area contributed by atoms with Gasteiger partial charge in [0.1, 0.15) is 6.10 Å². The molecule has 0 aromatic carbocycles. The van der Waals surface area contributed by atoms with Crippen LogP contribution in [-0.4, -0.2) is 41.1 Å². The van der Waals surface area contributed by atoms with Gasteiger partial charge in [-0.3, -0.25) is 9.59 Å². The van der Waals surface area contributed by atoms with Gasteiger partial charge in [0.15, 0.2) is 0 Å². The van der Waals surface area contributed by atoms with E-state index in [1.165, 1.54) is 19.3 Å². The molecular weight excluding hydrogens is 452 g/mol. The molecule has 4 fully saturated rings. The highest BCUT2D eigenvalue weighted by atomic mass is 16.7. The quantitative estimate of drug-likeness (QED) is 0.504. The molecule has 9 atom stereocenters. The summed E-state index contributed by atoms with van der Waals surface area (Å²) in [5.74, 6) is -0.346. The molecule has 0 spiro atoms. The predicted octanol–water partition coefficient (Wildman–Crippen LogP) is 3.69. The second-order valence-electron chi connectivity index (χ2n) is 11.8. The Balaban J connectivity index is 1.52. The second-order valence-corrected chi connectivity index (χ2v) is 11.8. The van der Waals surface area contributed by atoms with Gasteiger partial charge in [0.2, 0.25) is 6.29 Å². The first-order chi connectivity index (χ1) is 16.5. The Kier molecular flexibility index (Phi) is 5.72. The fraction of sp³-hybridized carbons (Fsp3) is 0.741. The summed E-state index contributed by atoms with van der Waals surface area (Å²) >= 11 is 0. The number of hydrogen-bond acceptors (Lipinski definition) is 8. The monoisotopic (exact) mass is 488 g/mol. The maximum Gasteiger partial charge on any atom is 0.335 e. The average molecular weight is 489 g/mol. The highest BCUT2D eigenvalue weighted by Gasteiger charge is 2.72. The van der Waals surface area contributed by atoms with Crippen molar-refractivity contribution in [3.05, 3.63) is 34.4 Å². The molecule has 3 aliphatic carbocycles. The third-order valence-electron chi connectivity index (χ3n) is 10.5. The molecule has 3 saturated carbocycles. The molecule has 192 valence electrons. The number of rotatable bonds is 4. The van der Waals surface area contributed by atoms with Gasteiger partial charge in [-0.25, -0.2) is 4.79 Å². The topological polar surface area (TPSA) is 112 Å². The van der Waals surface area contributed by atoms with Crippen molar-refractivity contribution in [1.82, 2.24) is 0 Å². The van der Waals surface area contributed by atoms with Crippen LogP contribution in [0.1, 0.15) is 84.1 Å². The first-order valence-corrected chi connectivity index (χ1v) is 12.7. The molecule has 0 bridgehead atoms. The minimum atomic E-state index is -0.902. The minimum absolute atomic E-state index is 0.147. The van der Waals surface area contributed by atoms with Crippen LogP contribution in [-0.2, 0) is 23.8 Å². The molecule has 1 aliphatic heterocycles. The molecule has 1 aromatic rings. The van der Waals surface area contributed by atoms with Crippen molar-refractivity contribution in [2.75, 3.05) is 0 Å². The zero-order chi connectivity index (χ0) is 25.2. The van der Waals surface area contributed by atoms with E-state index in [-0.39, 0.29) is 34.7 Å². The maximum atomic E-state index is 12.0. The Bertz CT molecular complexity index is 1050. The van der Waals surface area contributed by atoms with Crippen molar-refractivity contribution in [2.45, 2.75) is 102 Å². The van der Waals surface area contributed by atoms with Crippen LogP contribution in [0.4, 0.5) is 0 Å². The van der Waals surface area contributed by atoms with E-state index in [0.29, 0.717) is 19.3 Å². The lowest BCUT2D eigenvalue weighted by Crippen LogP contribution is -2.66. The molecule has 1 aromatic heterocycles. The molecular formula is C27H36O8. The highest BCUT2D eigenvalue weighted by Crippen LogP contribution is 2.71. The Morgan fingerprint density at radius 1 is 1.09 bits per heavy atom. The van der Waals surface area contributed by atoms with Gasteiger partial charge in [0.05, 0.1) is 23.4 Å². The fourth-order valence-electron chi connectivity index (χ4n) is 8.49. The van der Waals surface area contributed by atoms with Gasteiger partial charge in [-0.05, 0) is 74.3 Å². The first kappa shape index (κ1) is 24.5. The van der Waals surface area contributed by atoms with Crippen LogP contribution < -0.4 is 5.63 Å².